The summed E-state index contributed by atoms with van der Waals surface area (Å²) in [6.07, 6.45) is -7.16. The number of aromatic nitrogens is 1. The molecule has 23 heavy (non-hydrogen) atoms. The number of halogens is 4. The van der Waals surface area contributed by atoms with Crippen LogP contribution in [0.2, 0.25) is 0 Å². The fourth-order valence-electron chi connectivity index (χ4n) is 1.76. The molecule has 0 aliphatic rings. The standard InChI is InChI=1S/C15H12F4N2O2/c1-9-10(5-4-8-20-9)13(22)21-11-6-2-3-7-12(11)23-15(18,19)14(16)17/h2-8,14H,1H3,(H,21,22). The highest BCUT2D eigenvalue weighted by Gasteiger charge is 2.44. The van der Waals surface area contributed by atoms with Crippen LogP contribution < -0.4 is 10.1 Å². The Balaban J connectivity index is 2.24. The molecular formula is C15H12F4N2O2. The molecule has 1 aromatic heterocycles. The summed E-state index contributed by atoms with van der Waals surface area (Å²) in [7, 11) is 0. The molecule has 4 nitrogen and oxygen atoms in total. The lowest BCUT2D eigenvalue weighted by Gasteiger charge is -2.19. The van der Waals surface area contributed by atoms with E-state index >= 15 is 0 Å². The maximum Gasteiger partial charge on any atom is 0.461 e. The largest absolute Gasteiger partial charge is 0.461 e. The van der Waals surface area contributed by atoms with Crippen molar-refractivity contribution in [2.45, 2.75) is 19.5 Å². The van der Waals surface area contributed by atoms with Crippen LogP contribution in [-0.4, -0.2) is 23.4 Å². The van der Waals surface area contributed by atoms with E-state index in [1.54, 1.807) is 6.92 Å². The number of pyridine rings is 1. The van der Waals surface area contributed by atoms with Gasteiger partial charge in [0.15, 0.2) is 0 Å². The van der Waals surface area contributed by atoms with E-state index < -0.39 is 24.2 Å². The van der Waals surface area contributed by atoms with Crippen molar-refractivity contribution >= 4 is 11.6 Å². The quantitative estimate of drug-likeness (QED) is 0.848. The Morgan fingerprint density at radius 1 is 1.22 bits per heavy atom. The molecule has 0 saturated heterocycles. The van der Waals surface area contributed by atoms with Crippen LogP contribution in [0.15, 0.2) is 42.6 Å². The van der Waals surface area contributed by atoms with E-state index in [9.17, 15) is 22.4 Å². The molecule has 0 saturated carbocycles. The molecule has 0 bridgehead atoms. The minimum absolute atomic E-state index is 0.152. The number of nitrogens with zero attached hydrogens (tertiary/aromatic N) is 1. The number of carbonyl (C=O) groups is 1. The molecule has 2 aromatic rings. The first-order valence-electron chi connectivity index (χ1n) is 6.48. The molecule has 0 aliphatic heterocycles. The van der Waals surface area contributed by atoms with Gasteiger partial charge < -0.3 is 10.1 Å². The van der Waals surface area contributed by atoms with Gasteiger partial charge >= 0.3 is 12.5 Å². The lowest BCUT2D eigenvalue weighted by molar-refractivity contribution is -0.252. The predicted molar refractivity (Wildman–Crippen MR) is 74.9 cm³/mol. The summed E-state index contributed by atoms with van der Waals surface area (Å²) in [5.74, 6) is -1.18. The molecule has 1 amide bonds. The van der Waals surface area contributed by atoms with Crippen LogP contribution in [0.25, 0.3) is 0 Å². The van der Waals surface area contributed by atoms with Crippen molar-refractivity contribution < 1.29 is 27.1 Å². The van der Waals surface area contributed by atoms with E-state index in [0.29, 0.717) is 5.69 Å². The minimum atomic E-state index is -4.66. The monoisotopic (exact) mass is 328 g/mol. The first-order chi connectivity index (χ1) is 10.8. The van der Waals surface area contributed by atoms with Gasteiger partial charge in [0, 0.05) is 11.9 Å². The second-order valence-electron chi connectivity index (χ2n) is 4.55. The molecule has 1 N–H and O–H groups in total. The molecular weight excluding hydrogens is 316 g/mol. The van der Waals surface area contributed by atoms with E-state index in [-0.39, 0.29) is 11.3 Å². The molecule has 0 spiro atoms. The third-order valence-corrected chi connectivity index (χ3v) is 2.89. The van der Waals surface area contributed by atoms with Gasteiger partial charge in [-0.2, -0.15) is 17.6 Å². The molecule has 0 atom stereocenters. The number of ether oxygens (including phenoxy) is 1. The second-order valence-corrected chi connectivity index (χ2v) is 4.55. The maximum absolute atomic E-state index is 13.0. The number of anilines is 1. The van der Waals surface area contributed by atoms with Crippen LogP contribution in [0.4, 0.5) is 23.2 Å². The highest BCUT2D eigenvalue weighted by atomic mass is 19.3. The number of nitrogens with one attached hydrogen (secondary N) is 1. The summed E-state index contributed by atoms with van der Waals surface area (Å²) in [6, 6.07) is 8.12. The first-order valence-corrected chi connectivity index (χ1v) is 6.48. The highest BCUT2D eigenvalue weighted by molar-refractivity contribution is 6.05. The molecule has 122 valence electrons. The molecule has 2 rings (SSSR count). The van der Waals surface area contributed by atoms with Gasteiger partial charge in [-0.25, -0.2) is 0 Å². The lowest BCUT2D eigenvalue weighted by Crippen LogP contribution is -2.33. The van der Waals surface area contributed by atoms with Gasteiger partial charge in [0.25, 0.3) is 5.91 Å². The zero-order chi connectivity index (χ0) is 17.0. The van der Waals surface area contributed by atoms with Gasteiger partial charge in [0.05, 0.1) is 11.3 Å². The fraction of sp³-hybridized carbons (Fsp3) is 0.200. The third-order valence-electron chi connectivity index (χ3n) is 2.89. The number of carbonyl (C=O) groups excluding carboxylic acids is 1. The third kappa shape index (κ3) is 3.97. The fourth-order valence-corrected chi connectivity index (χ4v) is 1.76. The van der Waals surface area contributed by atoms with Crippen molar-refractivity contribution in [2.75, 3.05) is 5.32 Å². The molecule has 0 radical (unpaired) electrons. The molecule has 0 unspecified atom stereocenters. The normalized spacial score (nSPS) is 11.4. The maximum atomic E-state index is 13.0. The van der Waals surface area contributed by atoms with Crippen molar-refractivity contribution in [3.63, 3.8) is 0 Å². The topological polar surface area (TPSA) is 51.2 Å². The second kappa shape index (κ2) is 6.64. The predicted octanol–water partition coefficient (Wildman–Crippen LogP) is 3.88. The van der Waals surface area contributed by atoms with Crippen LogP contribution in [0.3, 0.4) is 0 Å². The van der Waals surface area contributed by atoms with E-state index in [1.807, 2.05) is 0 Å². The minimum Gasteiger partial charge on any atom is -0.426 e. The Bertz CT molecular complexity index is 707. The van der Waals surface area contributed by atoms with Crippen molar-refractivity contribution in [1.29, 1.82) is 0 Å². The Hall–Kier alpha value is -2.64. The summed E-state index contributed by atoms with van der Waals surface area (Å²) < 4.78 is 54.6. The molecule has 0 aliphatic carbocycles. The lowest BCUT2D eigenvalue weighted by atomic mass is 10.2. The van der Waals surface area contributed by atoms with Crippen LogP contribution in [0.1, 0.15) is 16.1 Å². The summed E-state index contributed by atoms with van der Waals surface area (Å²) in [5.41, 5.74) is 0.505. The number of para-hydroxylation sites is 2. The SMILES string of the molecule is Cc1ncccc1C(=O)Nc1ccccc1OC(F)(F)C(F)F. The van der Waals surface area contributed by atoms with Gasteiger partial charge in [-0.15, -0.1) is 0 Å². The van der Waals surface area contributed by atoms with Crippen LogP contribution in [0.5, 0.6) is 5.75 Å². The van der Waals surface area contributed by atoms with Crippen molar-refractivity contribution in [2.24, 2.45) is 0 Å². The van der Waals surface area contributed by atoms with E-state index in [2.05, 4.69) is 15.0 Å². The van der Waals surface area contributed by atoms with Crippen LogP contribution >= 0.6 is 0 Å². The van der Waals surface area contributed by atoms with E-state index in [0.717, 1.165) is 6.07 Å². The Morgan fingerprint density at radius 2 is 1.91 bits per heavy atom. The summed E-state index contributed by atoms with van der Waals surface area (Å²) in [5, 5.41) is 2.35. The highest BCUT2D eigenvalue weighted by Crippen LogP contribution is 2.32. The zero-order valence-corrected chi connectivity index (χ0v) is 11.9. The Kier molecular flexibility index (Phi) is 4.83. The molecule has 1 heterocycles. The molecule has 0 fully saturated rings. The van der Waals surface area contributed by atoms with Crippen LogP contribution in [0, 0.1) is 6.92 Å². The Labute approximate surface area is 129 Å². The Morgan fingerprint density at radius 3 is 2.57 bits per heavy atom. The number of hydrogen-bond acceptors (Lipinski definition) is 3. The van der Waals surface area contributed by atoms with E-state index in [4.69, 9.17) is 0 Å². The van der Waals surface area contributed by atoms with Gasteiger partial charge in [0.2, 0.25) is 0 Å². The average Bonchev–Trinajstić information content (AvgIpc) is 2.49. The molecule has 1 aromatic carbocycles. The van der Waals surface area contributed by atoms with Crippen molar-refractivity contribution in [3.05, 3.63) is 53.9 Å². The van der Waals surface area contributed by atoms with Crippen LogP contribution in [-0.2, 0) is 0 Å². The number of amides is 1. The van der Waals surface area contributed by atoms with Gasteiger partial charge in [-0.05, 0) is 31.2 Å². The number of rotatable bonds is 5. The van der Waals surface area contributed by atoms with E-state index in [1.165, 1.54) is 36.5 Å². The van der Waals surface area contributed by atoms with Gasteiger partial charge in [-0.3, -0.25) is 9.78 Å². The van der Waals surface area contributed by atoms with Crippen molar-refractivity contribution in [3.8, 4) is 5.75 Å². The first kappa shape index (κ1) is 16.7. The number of benzene rings is 1. The molecule has 8 heteroatoms. The number of hydrogen-bond donors (Lipinski definition) is 1. The average molecular weight is 328 g/mol. The van der Waals surface area contributed by atoms with Gasteiger partial charge in [-0.1, -0.05) is 12.1 Å². The summed E-state index contributed by atoms with van der Waals surface area (Å²) >= 11 is 0. The smallest absolute Gasteiger partial charge is 0.426 e. The number of aryl methyl sites for hydroxylation is 1. The summed E-state index contributed by atoms with van der Waals surface area (Å²) in [6.45, 7) is 1.60. The zero-order valence-electron chi connectivity index (χ0n) is 11.9. The van der Waals surface area contributed by atoms with Gasteiger partial charge in [0.1, 0.15) is 5.75 Å². The number of alkyl halides is 4. The summed E-state index contributed by atoms with van der Waals surface area (Å²) in [4.78, 5) is 16.1. The van der Waals surface area contributed by atoms with Crippen molar-refractivity contribution in [1.82, 2.24) is 4.98 Å².